The molecule has 0 spiro atoms. The van der Waals surface area contributed by atoms with E-state index in [1.54, 1.807) is 16.0 Å². The maximum absolute atomic E-state index is 12.6. The van der Waals surface area contributed by atoms with Crippen LogP contribution in [0.5, 0.6) is 0 Å². The van der Waals surface area contributed by atoms with Gasteiger partial charge in [-0.1, -0.05) is 0 Å². The van der Waals surface area contributed by atoms with Crippen molar-refractivity contribution in [1.82, 2.24) is 20.0 Å². The molecule has 1 fully saturated rings. The molecule has 0 radical (unpaired) electrons. The van der Waals surface area contributed by atoms with Crippen molar-refractivity contribution in [2.75, 3.05) is 26.7 Å². The van der Waals surface area contributed by atoms with Crippen LogP contribution in [0.4, 0.5) is 0 Å². The Bertz CT molecular complexity index is 502. The summed E-state index contributed by atoms with van der Waals surface area (Å²) < 4.78 is 0. The third kappa shape index (κ3) is 4.30. The number of amides is 2. The summed E-state index contributed by atoms with van der Waals surface area (Å²) >= 11 is 0. The summed E-state index contributed by atoms with van der Waals surface area (Å²) in [6.45, 7) is 3.18. The Labute approximate surface area is 130 Å². The number of carbonyl (C=O) groups is 2. The summed E-state index contributed by atoms with van der Waals surface area (Å²) in [5.41, 5.74) is 7.07. The van der Waals surface area contributed by atoms with Gasteiger partial charge in [-0.2, -0.15) is 5.10 Å². The number of rotatable bonds is 4. The van der Waals surface area contributed by atoms with Crippen LogP contribution in [0.25, 0.3) is 0 Å². The van der Waals surface area contributed by atoms with Crippen molar-refractivity contribution in [2.45, 2.75) is 32.2 Å². The highest BCUT2D eigenvalue weighted by Gasteiger charge is 2.29. The Morgan fingerprint density at radius 2 is 2.23 bits per heavy atom. The Hall–Kier alpha value is -1.89. The monoisotopic (exact) mass is 307 g/mol. The van der Waals surface area contributed by atoms with Crippen LogP contribution < -0.4 is 5.73 Å². The molecule has 1 aliphatic rings. The summed E-state index contributed by atoms with van der Waals surface area (Å²) in [5.74, 6) is -0.0909. The number of hydrogen-bond donors (Lipinski definition) is 2. The molecule has 1 aromatic heterocycles. The topological polar surface area (TPSA) is 95.3 Å². The maximum Gasteiger partial charge on any atom is 0.227 e. The van der Waals surface area contributed by atoms with Crippen LogP contribution in [0, 0.1) is 5.92 Å². The molecule has 0 aromatic carbocycles. The molecule has 0 bridgehead atoms. The minimum absolute atomic E-state index is 0.0174. The zero-order valence-corrected chi connectivity index (χ0v) is 13.3. The van der Waals surface area contributed by atoms with E-state index >= 15 is 0 Å². The van der Waals surface area contributed by atoms with Crippen molar-refractivity contribution in [3.05, 3.63) is 18.0 Å². The van der Waals surface area contributed by atoms with Gasteiger partial charge >= 0.3 is 0 Å². The predicted molar refractivity (Wildman–Crippen MR) is 82.9 cm³/mol. The molecule has 3 N–H and O–H groups in total. The fourth-order valence-corrected chi connectivity index (χ4v) is 2.81. The summed E-state index contributed by atoms with van der Waals surface area (Å²) in [6, 6.07) is -0.0436. The largest absolute Gasteiger partial charge is 0.345 e. The number of likely N-dealkylation sites (tertiary alicyclic amines) is 1. The van der Waals surface area contributed by atoms with Gasteiger partial charge in [-0.3, -0.25) is 14.7 Å². The van der Waals surface area contributed by atoms with Crippen molar-refractivity contribution in [1.29, 1.82) is 0 Å². The Kier molecular flexibility index (Phi) is 5.54. The summed E-state index contributed by atoms with van der Waals surface area (Å²) in [4.78, 5) is 27.7. The number of aromatic amines is 1. The normalized spacial score (nSPS) is 22.2. The Morgan fingerprint density at radius 3 is 2.86 bits per heavy atom. The van der Waals surface area contributed by atoms with Gasteiger partial charge in [0.2, 0.25) is 11.8 Å². The molecule has 22 heavy (non-hydrogen) atoms. The van der Waals surface area contributed by atoms with Crippen LogP contribution >= 0.6 is 0 Å². The van der Waals surface area contributed by atoms with Crippen molar-refractivity contribution in [2.24, 2.45) is 11.7 Å². The number of H-pyrrole nitrogens is 1. The van der Waals surface area contributed by atoms with Crippen LogP contribution in [-0.2, 0) is 16.0 Å². The molecule has 1 aliphatic heterocycles. The standard InChI is InChI=1S/C15H25N5O2/c1-11(21)20-9-13(3-4-14(16)10-20)15(22)19(2)6-5-12-7-17-18-8-12/h7-8,13-14H,3-6,9-10,16H2,1-2H3,(H,17,18)/t13-,14+/m1/s1. The first-order chi connectivity index (χ1) is 10.5. The average molecular weight is 307 g/mol. The van der Waals surface area contributed by atoms with Gasteiger partial charge in [-0.25, -0.2) is 0 Å². The van der Waals surface area contributed by atoms with Gasteiger partial charge < -0.3 is 15.5 Å². The van der Waals surface area contributed by atoms with Crippen LogP contribution in [0.3, 0.4) is 0 Å². The highest BCUT2D eigenvalue weighted by molar-refractivity contribution is 5.80. The second kappa shape index (κ2) is 7.40. The smallest absolute Gasteiger partial charge is 0.227 e. The number of nitrogens with two attached hydrogens (primary N) is 1. The maximum atomic E-state index is 12.6. The number of nitrogens with zero attached hydrogens (tertiary/aromatic N) is 3. The fourth-order valence-electron chi connectivity index (χ4n) is 2.81. The third-order valence-electron chi connectivity index (χ3n) is 4.24. The van der Waals surface area contributed by atoms with E-state index in [9.17, 15) is 9.59 Å². The van der Waals surface area contributed by atoms with Gasteiger partial charge in [0.05, 0.1) is 12.1 Å². The second-order valence-electron chi connectivity index (χ2n) is 6.07. The molecule has 2 amide bonds. The zero-order chi connectivity index (χ0) is 16.1. The van der Waals surface area contributed by atoms with Gasteiger partial charge in [0, 0.05) is 45.8 Å². The number of likely N-dealkylation sites (N-methyl/N-ethyl adjacent to an activating group) is 1. The minimum Gasteiger partial charge on any atom is -0.345 e. The number of nitrogens with one attached hydrogen (secondary N) is 1. The average Bonchev–Trinajstić information content (AvgIpc) is 2.92. The van der Waals surface area contributed by atoms with Crippen molar-refractivity contribution >= 4 is 11.8 Å². The molecule has 2 heterocycles. The van der Waals surface area contributed by atoms with Crippen LogP contribution in [-0.4, -0.2) is 64.5 Å². The van der Waals surface area contributed by atoms with Crippen molar-refractivity contribution in [3.8, 4) is 0 Å². The lowest BCUT2D eigenvalue weighted by Gasteiger charge is -2.26. The van der Waals surface area contributed by atoms with Crippen LogP contribution in [0.1, 0.15) is 25.3 Å². The summed E-state index contributed by atoms with van der Waals surface area (Å²) in [5, 5.41) is 6.66. The Balaban J connectivity index is 1.92. The van der Waals surface area contributed by atoms with Gasteiger partial charge in [0.1, 0.15) is 0 Å². The van der Waals surface area contributed by atoms with Crippen LogP contribution in [0.15, 0.2) is 12.4 Å². The molecular weight excluding hydrogens is 282 g/mol. The lowest BCUT2D eigenvalue weighted by atomic mass is 10.0. The van der Waals surface area contributed by atoms with E-state index in [0.717, 1.165) is 24.8 Å². The first-order valence-electron chi connectivity index (χ1n) is 7.71. The van der Waals surface area contributed by atoms with Crippen LogP contribution in [0.2, 0.25) is 0 Å². The van der Waals surface area contributed by atoms with Crippen molar-refractivity contribution in [3.63, 3.8) is 0 Å². The molecule has 0 aliphatic carbocycles. The molecule has 0 unspecified atom stereocenters. The first kappa shape index (κ1) is 16.5. The molecule has 7 heteroatoms. The van der Waals surface area contributed by atoms with Gasteiger partial charge in [-0.05, 0) is 24.8 Å². The first-order valence-corrected chi connectivity index (χ1v) is 7.71. The van der Waals surface area contributed by atoms with Gasteiger partial charge in [0.25, 0.3) is 0 Å². The highest BCUT2D eigenvalue weighted by atomic mass is 16.2. The van der Waals surface area contributed by atoms with E-state index in [2.05, 4.69) is 10.2 Å². The fraction of sp³-hybridized carbons (Fsp3) is 0.667. The number of carbonyl (C=O) groups excluding carboxylic acids is 2. The molecule has 0 saturated carbocycles. The molecule has 122 valence electrons. The van der Waals surface area contributed by atoms with E-state index in [4.69, 9.17) is 5.73 Å². The zero-order valence-electron chi connectivity index (χ0n) is 13.3. The molecule has 1 aromatic rings. The van der Waals surface area contributed by atoms with E-state index in [0.29, 0.717) is 19.6 Å². The van der Waals surface area contributed by atoms with Gasteiger partial charge in [0.15, 0.2) is 0 Å². The second-order valence-corrected chi connectivity index (χ2v) is 6.07. The number of aromatic nitrogens is 2. The summed E-state index contributed by atoms with van der Waals surface area (Å²) in [7, 11) is 1.81. The lowest BCUT2D eigenvalue weighted by Crippen LogP contribution is -2.42. The lowest BCUT2D eigenvalue weighted by molar-refractivity contribution is -0.136. The van der Waals surface area contributed by atoms with E-state index in [-0.39, 0.29) is 23.8 Å². The van der Waals surface area contributed by atoms with Gasteiger partial charge in [-0.15, -0.1) is 0 Å². The predicted octanol–water partition coefficient (Wildman–Crippen LogP) is -0.00360. The molecule has 2 atom stereocenters. The third-order valence-corrected chi connectivity index (χ3v) is 4.24. The molecule has 1 saturated heterocycles. The highest BCUT2D eigenvalue weighted by Crippen LogP contribution is 2.18. The number of hydrogen-bond acceptors (Lipinski definition) is 4. The molecule has 2 rings (SSSR count). The summed E-state index contributed by atoms with van der Waals surface area (Å²) in [6.07, 6.45) is 5.87. The van der Waals surface area contributed by atoms with Crippen molar-refractivity contribution < 1.29 is 9.59 Å². The Morgan fingerprint density at radius 1 is 1.45 bits per heavy atom. The molecular formula is C15H25N5O2. The van der Waals surface area contributed by atoms with E-state index < -0.39 is 0 Å². The van der Waals surface area contributed by atoms with E-state index in [1.807, 2.05) is 13.2 Å². The minimum atomic E-state index is -0.160. The van der Waals surface area contributed by atoms with E-state index in [1.165, 1.54) is 6.92 Å². The quantitative estimate of drug-likeness (QED) is 0.818. The molecule has 7 nitrogen and oxygen atoms in total. The SMILES string of the molecule is CC(=O)N1C[C@@H](N)CC[C@@H](C(=O)N(C)CCc2cn[nH]c2)C1.